The van der Waals surface area contributed by atoms with Crippen LogP contribution in [0.1, 0.15) is 25.6 Å². The normalized spacial score (nSPS) is 18.7. The van der Waals surface area contributed by atoms with Gasteiger partial charge in [0.15, 0.2) is 5.82 Å². The van der Waals surface area contributed by atoms with Gasteiger partial charge in [-0.05, 0) is 19.1 Å². The summed E-state index contributed by atoms with van der Waals surface area (Å²) in [7, 11) is 0. The highest BCUT2D eigenvalue weighted by molar-refractivity contribution is 5.70. The zero-order valence-corrected chi connectivity index (χ0v) is 14.7. The number of amides is 1. The summed E-state index contributed by atoms with van der Waals surface area (Å²) in [5, 5.41) is 11.4. The van der Waals surface area contributed by atoms with Crippen LogP contribution in [0, 0.1) is 0 Å². The summed E-state index contributed by atoms with van der Waals surface area (Å²) >= 11 is 0. The lowest BCUT2D eigenvalue weighted by molar-refractivity contribution is 0.0363. The Morgan fingerprint density at radius 2 is 2.19 bits per heavy atom. The Labute approximate surface area is 151 Å². The summed E-state index contributed by atoms with van der Waals surface area (Å²) in [4.78, 5) is 17.6. The molecule has 26 heavy (non-hydrogen) atoms. The van der Waals surface area contributed by atoms with Gasteiger partial charge < -0.3 is 19.7 Å². The van der Waals surface area contributed by atoms with Crippen LogP contribution in [-0.2, 0) is 17.9 Å². The summed E-state index contributed by atoms with van der Waals surface area (Å²) in [5.41, 5.74) is -0.364. The van der Waals surface area contributed by atoms with E-state index in [1.165, 1.54) is 0 Å². The van der Waals surface area contributed by atoms with E-state index in [0.717, 1.165) is 44.2 Å². The zero-order valence-electron chi connectivity index (χ0n) is 14.7. The molecule has 2 saturated heterocycles. The van der Waals surface area contributed by atoms with E-state index in [1.807, 2.05) is 12.1 Å². The molecule has 4 rings (SSSR count). The topological polar surface area (TPSA) is 94.4 Å². The first kappa shape index (κ1) is 16.6. The van der Waals surface area contributed by atoms with Gasteiger partial charge in [0.2, 0.25) is 5.95 Å². The first-order valence-electron chi connectivity index (χ1n) is 8.86. The molecule has 9 heteroatoms. The fourth-order valence-electron chi connectivity index (χ4n) is 3.47. The Hall–Kier alpha value is -2.84. The molecule has 1 spiro atoms. The maximum Gasteiger partial charge on any atom is 0.407 e. The maximum absolute atomic E-state index is 11.4. The molecule has 2 fully saturated rings. The van der Waals surface area contributed by atoms with Gasteiger partial charge in [0.05, 0.1) is 12.7 Å². The van der Waals surface area contributed by atoms with Crippen LogP contribution in [-0.4, -0.2) is 51.1 Å². The lowest BCUT2D eigenvalue weighted by Gasteiger charge is -2.37. The van der Waals surface area contributed by atoms with Crippen molar-refractivity contribution < 1.29 is 14.3 Å². The van der Waals surface area contributed by atoms with E-state index in [2.05, 4.69) is 36.9 Å². The maximum atomic E-state index is 11.4. The first-order valence-corrected chi connectivity index (χ1v) is 8.86. The average molecular weight is 358 g/mol. The Morgan fingerprint density at radius 1 is 1.35 bits per heavy atom. The fraction of sp³-hybridized carbons (Fsp3) is 0.529. The third-order valence-corrected chi connectivity index (χ3v) is 4.95. The van der Waals surface area contributed by atoms with E-state index in [9.17, 15) is 4.79 Å². The van der Waals surface area contributed by atoms with Crippen LogP contribution >= 0.6 is 0 Å². The molecular weight excluding hydrogens is 336 g/mol. The number of piperidine rings is 1. The summed E-state index contributed by atoms with van der Waals surface area (Å²) in [6, 6.07) is 3.70. The lowest BCUT2D eigenvalue weighted by atomic mass is 9.92. The predicted molar refractivity (Wildman–Crippen MR) is 92.9 cm³/mol. The molecule has 0 aliphatic carbocycles. The first-order chi connectivity index (χ1) is 12.7. The van der Waals surface area contributed by atoms with Crippen molar-refractivity contribution in [2.24, 2.45) is 0 Å². The van der Waals surface area contributed by atoms with Gasteiger partial charge in [-0.25, -0.2) is 4.79 Å². The van der Waals surface area contributed by atoms with Crippen LogP contribution in [0.5, 0.6) is 5.75 Å². The number of nitrogens with one attached hydrogen (secondary N) is 1. The molecular formula is C17H22N6O3. The van der Waals surface area contributed by atoms with Crippen LogP contribution in [0.2, 0.25) is 0 Å². The number of aromatic nitrogens is 4. The molecule has 2 aromatic heterocycles. The number of alkyl carbamates (subject to hydrolysis) is 1. The molecule has 0 atom stereocenters. The summed E-state index contributed by atoms with van der Waals surface area (Å²) in [6.45, 7) is 5.30. The van der Waals surface area contributed by atoms with Gasteiger partial charge in [0, 0.05) is 38.7 Å². The number of ether oxygens (including phenoxy) is 2. The second-order valence-corrected chi connectivity index (χ2v) is 6.55. The van der Waals surface area contributed by atoms with E-state index in [-0.39, 0.29) is 11.7 Å². The molecule has 0 bridgehead atoms. The van der Waals surface area contributed by atoms with Gasteiger partial charge in [-0.1, -0.05) is 0 Å². The van der Waals surface area contributed by atoms with Crippen molar-refractivity contribution in [1.82, 2.24) is 25.1 Å². The zero-order chi connectivity index (χ0) is 18.0. The number of hydrogen-bond acceptors (Lipinski definition) is 7. The van der Waals surface area contributed by atoms with E-state index in [0.29, 0.717) is 18.9 Å². The summed E-state index contributed by atoms with van der Waals surface area (Å²) in [6.07, 6.45) is 4.63. The number of anilines is 1. The molecule has 0 saturated carbocycles. The van der Waals surface area contributed by atoms with Crippen LogP contribution in [0.25, 0.3) is 0 Å². The molecule has 0 aromatic carbocycles. The third kappa shape index (κ3) is 3.16. The van der Waals surface area contributed by atoms with Crippen LogP contribution in [0.15, 0.2) is 24.5 Å². The molecule has 4 heterocycles. The van der Waals surface area contributed by atoms with Crippen molar-refractivity contribution in [3.8, 4) is 5.75 Å². The van der Waals surface area contributed by atoms with Crippen molar-refractivity contribution in [3.63, 3.8) is 0 Å². The molecule has 2 aliphatic rings. The molecule has 9 nitrogen and oxygen atoms in total. The van der Waals surface area contributed by atoms with Crippen LogP contribution < -0.4 is 15.0 Å². The van der Waals surface area contributed by atoms with Gasteiger partial charge >= 0.3 is 6.09 Å². The van der Waals surface area contributed by atoms with Crippen molar-refractivity contribution in [3.05, 3.63) is 30.4 Å². The lowest BCUT2D eigenvalue weighted by Crippen LogP contribution is -2.47. The minimum Gasteiger partial charge on any atom is -0.484 e. The van der Waals surface area contributed by atoms with Gasteiger partial charge in [-0.15, -0.1) is 10.2 Å². The molecule has 1 N–H and O–H groups in total. The number of rotatable bonds is 5. The molecule has 2 aromatic rings. The minimum absolute atomic E-state index is 0.315. The van der Waals surface area contributed by atoms with E-state index in [1.54, 1.807) is 12.4 Å². The number of carbonyl (C=O) groups is 1. The monoisotopic (exact) mass is 358 g/mol. The number of carbonyl (C=O) groups excluding carboxylic acids is 1. The second kappa shape index (κ2) is 6.81. The number of hydrogen-bond donors (Lipinski definition) is 1. The largest absolute Gasteiger partial charge is 0.484 e. The van der Waals surface area contributed by atoms with Crippen molar-refractivity contribution in [2.75, 3.05) is 24.5 Å². The molecule has 1 amide bonds. The van der Waals surface area contributed by atoms with E-state index in [4.69, 9.17) is 9.47 Å². The fourth-order valence-corrected chi connectivity index (χ4v) is 3.47. The van der Waals surface area contributed by atoms with Crippen molar-refractivity contribution in [2.45, 2.75) is 38.5 Å². The Balaban J connectivity index is 1.43. The van der Waals surface area contributed by atoms with Crippen molar-refractivity contribution in [1.29, 1.82) is 0 Å². The molecule has 2 aliphatic heterocycles. The minimum atomic E-state index is -0.364. The number of pyridine rings is 1. The second-order valence-electron chi connectivity index (χ2n) is 6.55. The van der Waals surface area contributed by atoms with Gasteiger partial charge in [0.25, 0.3) is 0 Å². The van der Waals surface area contributed by atoms with Gasteiger partial charge in [0.1, 0.15) is 18.0 Å². The predicted octanol–water partition coefficient (Wildman–Crippen LogP) is 1.35. The summed E-state index contributed by atoms with van der Waals surface area (Å²) < 4.78 is 13.3. The highest BCUT2D eigenvalue weighted by Crippen LogP contribution is 2.31. The molecule has 0 radical (unpaired) electrons. The standard InChI is InChI=1S/C17H22N6O3/c1-2-23-14(11-25-13-4-3-7-18-10-13)20-21-15(23)22-8-5-17(6-9-22)12-19-16(24)26-17/h3-4,7,10H,2,5-6,8-9,11-12H2,1H3,(H,19,24). The van der Waals surface area contributed by atoms with E-state index >= 15 is 0 Å². The highest BCUT2D eigenvalue weighted by Gasteiger charge is 2.43. The van der Waals surface area contributed by atoms with E-state index < -0.39 is 0 Å². The smallest absolute Gasteiger partial charge is 0.407 e. The average Bonchev–Trinajstić information content (AvgIpc) is 3.25. The Kier molecular flexibility index (Phi) is 4.36. The summed E-state index contributed by atoms with van der Waals surface area (Å²) in [5.74, 6) is 2.32. The highest BCUT2D eigenvalue weighted by atomic mass is 16.6. The Bertz CT molecular complexity index is 770. The quantitative estimate of drug-likeness (QED) is 0.862. The number of nitrogens with zero attached hydrogens (tertiary/aromatic N) is 5. The third-order valence-electron chi connectivity index (χ3n) is 4.95. The molecule has 0 unspecified atom stereocenters. The van der Waals surface area contributed by atoms with Crippen LogP contribution in [0.3, 0.4) is 0 Å². The van der Waals surface area contributed by atoms with Gasteiger partial charge in [-0.2, -0.15) is 0 Å². The van der Waals surface area contributed by atoms with Crippen LogP contribution in [0.4, 0.5) is 10.7 Å². The van der Waals surface area contributed by atoms with Crippen molar-refractivity contribution >= 4 is 12.0 Å². The SMILES string of the molecule is CCn1c(COc2cccnc2)nnc1N1CCC2(CC1)CNC(=O)O2. The molecule has 138 valence electrons. The Morgan fingerprint density at radius 3 is 2.85 bits per heavy atom. The van der Waals surface area contributed by atoms with Gasteiger partial charge in [-0.3, -0.25) is 9.55 Å².